The van der Waals surface area contributed by atoms with E-state index >= 15 is 0 Å². The van der Waals surface area contributed by atoms with Crippen molar-refractivity contribution in [3.8, 4) is 0 Å². The van der Waals surface area contributed by atoms with Crippen LogP contribution < -0.4 is 5.32 Å². The quantitative estimate of drug-likeness (QED) is 0.742. The first-order valence-electron chi connectivity index (χ1n) is 5.39. The zero-order chi connectivity index (χ0) is 10.9. The van der Waals surface area contributed by atoms with Crippen LogP contribution in [0.1, 0.15) is 24.8 Å². The zero-order valence-electron chi connectivity index (χ0n) is 9.29. The van der Waals surface area contributed by atoms with Crippen molar-refractivity contribution in [2.24, 2.45) is 0 Å². The molecule has 0 aliphatic carbocycles. The summed E-state index contributed by atoms with van der Waals surface area (Å²) in [6, 6.07) is 7.88. The first-order valence-corrected chi connectivity index (χ1v) is 5.77. The first-order chi connectivity index (χ1) is 7.33. The Morgan fingerprint density at radius 1 is 1.06 bits per heavy atom. The van der Waals surface area contributed by atoms with Crippen LogP contribution in [0.25, 0.3) is 0 Å². The highest BCUT2D eigenvalue weighted by molar-refractivity contribution is 6.30. The molecule has 0 unspecified atom stereocenters. The molecule has 0 aromatic heterocycles. The Morgan fingerprint density at radius 3 is 2.38 bits per heavy atom. The van der Waals surface area contributed by atoms with E-state index in [4.69, 9.17) is 16.7 Å². The van der Waals surface area contributed by atoms with Gasteiger partial charge in [-0.25, -0.2) is 0 Å². The van der Waals surface area contributed by atoms with Crippen LogP contribution in [-0.4, -0.2) is 18.3 Å². The van der Waals surface area contributed by atoms with E-state index < -0.39 is 0 Å². The van der Waals surface area contributed by atoms with Crippen LogP contribution >= 0.6 is 24.0 Å². The standard InChI is InChI=1S/C12H18ClNO.ClH/c13-12-6-4-11(5-7-12)10-14-8-2-1-3-9-15;/h4-7,14-15H,1-3,8-10H2;1H. The number of hydrogen-bond donors (Lipinski definition) is 2. The molecule has 1 aromatic carbocycles. The second-order valence-corrected chi connectivity index (χ2v) is 4.02. The lowest BCUT2D eigenvalue weighted by molar-refractivity contribution is 0.283. The average molecular weight is 264 g/mol. The van der Waals surface area contributed by atoms with Gasteiger partial charge in [-0.1, -0.05) is 23.7 Å². The van der Waals surface area contributed by atoms with Gasteiger partial charge in [0.05, 0.1) is 0 Å². The molecule has 92 valence electrons. The SMILES string of the molecule is Cl.OCCCCCNCc1ccc(Cl)cc1. The minimum atomic E-state index is 0. The smallest absolute Gasteiger partial charge is 0.0431 e. The van der Waals surface area contributed by atoms with Crippen LogP contribution in [0.2, 0.25) is 5.02 Å². The van der Waals surface area contributed by atoms with Gasteiger partial charge in [0, 0.05) is 18.2 Å². The Balaban J connectivity index is 0.00000225. The molecule has 0 radical (unpaired) electrons. The number of aliphatic hydroxyl groups excluding tert-OH is 1. The fourth-order valence-corrected chi connectivity index (χ4v) is 1.50. The fraction of sp³-hybridized carbons (Fsp3) is 0.500. The van der Waals surface area contributed by atoms with E-state index in [9.17, 15) is 0 Å². The van der Waals surface area contributed by atoms with Gasteiger partial charge in [0.1, 0.15) is 0 Å². The average Bonchev–Trinajstić information content (AvgIpc) is 2.26. The summed E-state index contributed by atoms with van der Waals surface area (Å²) in [4.78, 5) is 0. The maximum atomic E-state index is 8.59. The Morgan fingerprint density at radius 2 is 1.75 bits per heavy atom. The molecule has 1 rings (SSSR count). The van der Waals surface area contributed by atoms with Crippen molar-refractivity contribution in [2.75, 3.05) is 13.2 Å². The summed E-state index contributed by atoms with van der Waals surface area (Å²) in [5, 5.41) is 12.7. The second kappa shape index (κ2) is 9.91. The third-order valence-electron chi connectivity index (χ3n) is 2.25. The highest BCUT2D eigenvalue weighted by atomic mass is 35.5. The van der Waals surface area contributed by atoms with E-state index in [1.807, 2.05) is 24.3 Å². The lowest BCUT2D eigenvalue weighted by Gasteiger charge is -2.04. The largest absolute Gasteiger partial charge is 0.396 e. The second-order valence-electron chi connectivity index (χ2n) is 3.59. The summed E-state index contributed by atoms with van der Waals surface area (Å²) in [5.41, 5.74) is 1.25. The third-order valence-corrected chi connectivity index (χ3v) is 2.51. The summed E-state index contributed by atoms with van der Waals surface area (Å²) in [6.45, 7) is 2.19. The summed E-state index contributed by atoms with van der Waals surface area (Å²) >= 11 is 5.79. The minimum Gasteiger partial charge on any atom is -0.396 e. The van der Waals surface area contributed by atoms with E-state index in [0.717, 1.165) is 37.4 Å². The van der Waals surface area contributed by atoms with Gasteiger partial charge in [0.2, 0.25) is 0 Å². The first kappa shape index (κ1) is 15.7. The van der Waals surface area contributed by atoms with Crippen LogP contribution in [0.4, 0.5) is 0 Å². The number of aliphatic hydroxyl groups is 1. The van der Waals surface area contributed by atoms with Crippen LogP contribution in [0.15, 0.2) is 24.3 Å². The van der Waals surface area contributed by atoms with Crippen molar-refractivity contribution in [3.63, 3.8) is 0 Å². The molecule has 16 heavy (non-hydrogen) atoms. The van der Waals surface area contributed by atoms with Gasteiger partial charge >= 0.3 is 0 Å². The summed E-state index contributed by atoms with van der Waals surface area (Å²) in [7, 11) is 0. The molecule has 0 fully saturated rings. The van der Waals surface area contributed by atoms with Crippen molar-refractivity contribution < 1.29 is 5.11 Å². The van der Waals surface area contributed by atoms with E-state index in [0.29, 0.717) is 6.61 Å². The monoisotopic (exact) mass is 263 g/mol. The van der Waals surface area contributed by atoms with Crippen molar-refractivity contribution in [2.45, 2.75) is 25.8 Å². The molecule has 2 nitrogen and oxygen atoms in total. The predicted octanol–water partition coefficient (Wildman–Crippen LogP) is 3.01. The Labute approximate surface area is 108 Å². The van der Waals surface area contributed by atoms with E-state index in [-0.39, 0.29) is 12.4 Å². The molecule has 1 aromatic rings. The minimum absolute atomic E-state index is 0. The number of hydrogen-bond acceptors (Lipinski definition) is 2. The molecular weight excluding hydrogens is 245 g/mol. The number of unbranched alkanes of at least 4 members (excludes halogenated alkanes) is 2. The molecule has 0 amide bonds. The lowest BCUT2D eigenvalue weighted by atomic mass is 10.2. The van der Waals surface area contributed by atoms with Crippen LogP contribution in [0, 0.1) is 0 Å². The van der Waals surface area contributed by atoms with Gasteiger partial charge < -0.3 is 10.4 Å². The summed E-state index contributed by atoms with van der Waals surface area (Å²) in [5.74, 6) is 0. The van der Waals surface area contributed by atoms with E-state index in [1.165, 1.54) is 5.56 Å². The highest BCUT2D eigenvalue weighted by Gasteiger charge is 1.93. The van der Waals surface area contributed by atoms with Crippen molar-refractivity contribution >= 4 is 24.0 Å². The van der Waals surface area contributed by atoms with Gasteiger partial charge in [-0.3, -0.25) is 0 Å². The Kier molecular flexibility index (Phi) is 9.74. The molecule has 0 saturated heterocycles. The number of nitrogens with one attached hydrogen (secondary N) is 1. The third kappa shape index (κ3) is 7.07. The number of benzene rings is 1. The van der Waals surface area contributed by atoms with E-state index in [1.54, 1.807) is 0 Å². The molecule has 0 atom stereocenters. The van der Waals surface area contributed by atoms with Crippen molar-refractivity contribution in [1.82, 2.24) is 5.32 Å². The molecule has 4 heteroatoms. The summed E-state index contributed by atoms with van der Waals surface area (Å²) < 4.78 is 0. The maximum absolute atomic E-state index is 8.59. The van der Waals surface area contributed by atoms with Crippen LogP contribution in [0.5, 0.6) is 0 Å². The normalized spacial score (nSPS) is 9.88. The molecule has 2 N–H and O–H groups in total. The van der Waals surface area contributed by atoms with Crippen molar-refractivity contribution in [3.05, 3.63) is 34.9 Å². The summed E-state index contributed by atoms with van der Waals surface area (Å²) in [6.07, 6.45) is 3.11. The lowest BCUT2D eigenvalue weighted by Crippen LogP contribution is -2.14. The van der Waals surface area contributed by atoms with Gasteiger partial charge in [-0.2, -0.15) is 0 Å². The predicted molar refractivity (Wildman–Crippen MR) is 71.3 cm³/mol. The molecular formula is C12H19Cl2NO. The molecule has 0 bridgehead atoms. The van der Waals surface area contributed by atoms with Gasteiger partial charge in [0.25, 0.3) is 0 Å². The molecule has 0 aliphatic heterocycles. The zero-order valence-corrected chi connectivity index (χ0v) is 10.9. The Hall–Kier alpha value is -0.280. The molecule has 0 saturated carbocycles. The van der Waals surface area contributed by atoms with Gasteiger partial charge in [-0.05, 0) is 43.5 Å². The molecule has 0 heterocycles. The molecule has 0 spiro atoms. The maximum Gasteiger partial charge on any atom is 0.0431 e. The van der Waals surface area contributed by atoms with Crippen LogP contribution in [0.3, 0.4) is 0 Å². The topological polar surface area (TPSA) is 32.3 Å². The van der Waals surface area contributed by atoms with E-state index in [2.05, 4.69) is 5.32 Å². The molecule has 0 aliphatic rings. The van der Waals surface area contributed by atoms with Crippen molar-refractivity contribution in [1.29, 1.82) is 0 Å². The number of rotatable bonds is 7. The highest BCUT2D eigenvalue weighted by Crippen LogP contribution is 2.09. The number of halogens is 2. The Bertz CT molecular complexity index is 264. The van der Waals surface area contributed by atoms with Crippen LogP contribution in [-0.2, 0) is 6.54 Å². The van der Waals surface area contributed by atoms with Gasteiger partial charge in [0.15, 0.2) is 0 Å². The fourth-order valence-electron chi connectivity index (χ4n) is 1.37. The van der Waals surface area contributed by atoms with Gasteiger partial charge in [-0.15, -0.1) is 12.4 Å².